The van der Waals surface area contributed by atoms with E-state index in [1.807, 2.05) is 0 Å². The second kappa shape index (κ2) is 7.76. The van der Waals surface area contributed by atoms with Crippen LogP contribution in [0.1, 0.15) is 11.3 Å². The maximum absolute atomic E-state index is 12.7. The third-order valence-electron chi connectivity index (χ3n) is 3.06. The highest BCUT2D eigenvalue weighted by molar-refractivity contribution is 6.34. The summed E-state index contributed by atoms with van der Waals surface area (Å²) in [5.41, 5.74) is -0.691. The molecule has 1 N–H and O–H groups in total. The maximum atomic E-state index is 12.7. The third kappa shape index (κ3) is 4.87. The van der Waals surface area contributed by atoms with Gasteiger partial charge in [0.1, 0.15) is 5.57 Å². The van der Waals surface area contributed by atoms with E-state index in [2.05, 4.69) is 15.0 Å². The Morgan fingerprint density at radius 1 is 1.24 bits per heavy atom. The van der Waals surface area contributed by atoms with Gasteiger partial charge in [-0.2, -0.15) is 13.2 Å². The molecule has 0 aliphatic heterocycles. The fourth-order valence-corrected chi connectivity index (χ4v) is 2.22. The monoisotopic (exact) mass is 390 g/mol. The van der Waals surface area contributed by atoms with Crippen molar-refractivity contribution in [1.82, 2.24) is 4.98 Å². The first kappa shape index (κ1) is 19.1. The summed E-state index contributed by atoms with van der Waals surface area (Å²) in [7, 11) is 1.14. The van der Waals surface area contributed by atoms with Crippen molar-refractivity contribution in [3.05, 3.63) is 64.0 Å². The van der Waals surface area contributed by atoms with E-state index in [0.29, 0.717) is 23.0 Å². The van der Waals surface area contributed by atoms with Crippen LogP contribution in [0.5, 0.6) is 0 Å². The van der Waals surface area contributed by atoms with Crippen LogP contribution in [0.25, 0.3) is 5.57 Å². The second-order valence-electron chi connectivity index (χ2n) is 4.75. The molecule has 0 unspecified atom stereocenters. The molecular weight excluding hydrogens is 380 g/mol. The van der Waals surface area contributed by atoms with Crippen molar-refractivity contribution >= 4 is 40.4 Å². The van der Waals surface area contributed by atoms with Crippen molar-refractivity contribution in [2.75, 3.05) is 12.4 Å². The molecule has 0 saturated heterocycles. The van der Waals surface area contributed by atoms with E-state index < -0.39 is 17.7 Å². The molecule has 4 nitrogen and oxygen atoms in total. The minimum absolute atomic E-state index is 0.129. The Morgan fingerprint density at radius 3 is 2.40 bits per heavy atom. The molecule has 0 spiro atoms. The van der Waals surface area contributed by atoms with Gasteiger partial charge in [0.05, 0.1) is 23.4 Å². The first-order chi connectivity index (χ1) is 11.7. The van der Waals surface area contributed by atoms with Crippen LogP contribution in [0.3, 0.4) is 0 Å². The van der Waals surface area contributed by atoms with Crippen LogP contribution in [0.2, 0.25) is 10.0 Å². The molecule has 0 amide bonds. The molecule has 0 radical (unpaired) electrons. The number of ether oxygens (including phenoxy) is 1. The molecule has 1 aromatic carbocycles. The number of halogens is 5. The number of anilines is 1. The minimum Gasteiger partial charge on any atom is -0.465 e. The highest BCUT2D eigenvalue weighted by Gasteiger charge is 2.32. The van der Waals surface area contributed by atoms with E-state index in [4.69, 9.17) is 23.2 Å². The smallest absolute Gasteiger partial charge is 0.417 e. The molecule has 9 heteroatoms. The quantitative estimate of drug-likeness (QED) is 0.587. The van der Waals surface area contributed by atoms with Gasteiger partial charge < -0.3 is 10.1 Å². The van der Waals surface area contributed by atoms with Crippen LogP contribution in [0.4, 0.5) is 18.9 Å². The number of aromatic nitrogens is 1. The first-order valence-corrected chi connectivity index (χ1v) is 7.51. The number of hydrogen-bond donors (Lipinski definition) is 1. The summed E-state index contributed by atoms with van der Waals surface area (Å²) in [4.78, 5) is 15.6. The molecule has 0 fully saturated rings. The Labute approximate surface area is 151 Å². The zero-order chi connectivity index (χ0) is 18.6. The largest absolute Gasteiger partial charge is 0.465 e. The van der Waals surface area contributed by atoms with Crippen LogP contribution in [-0.4, -0.2) is 18.1 Å². The van der Waals surface area contributed by atoms with Crippen molar-refractivity contribution in [3.8, 4) is 0 Å². The standard InChI is InChI=1S/C16H11Cl2F3N2O2/c1-25-15(24)12(8-22-11-4-2-10(17)3-5-11)14-13(18)6-9(7-23-14)16(19,20)21/h2-8,22H,1H3/b12-8-. The molecule has 132 valence electrons. The van der Waals surface area contributed by atoms with E-state index in [1.54, 1.807) is 24.3 Å². The predicted octanol–water partition coefficient (Wildman–Crippen LogP) is 5.03. The molecule has 2 rings (SSSR count). The minimum atomic E-state index is -4.59. The summed E-state index contributed by atoms with van der Waals surface area (Å²) in [5.74, 6) is -0.810. The lowest BCUT2D eigenvalue weighted by Gasteiger charge is -2.11. The normalized spacial score (nSPS) is 12.0. The number of nitrogens with zero attached hydrogens (tertiary/aromatic N) is 1. The van der Waals surface area contributed by atoms with Gasteiger partial charge in [-0.3, -0.25) is 4.98 Å². The van der Waals surface area contributed by atoms with E-state index in [0.717, 1.165) is 7.11 Å². The van der Waals surface area contributed by atoms with E-state index in [9.17, 15) is 18.0 Å². The molecule has 0 bridgehead atoms. The average Bonchev–Trinajstić information content (AvgIpc) is 2.56. The summed E-state index contributed by atoms with van der Waals surface area (Å²) < 4.78 is 42.7. The number of rotatable bonds is 4. The number of hydrogen-bond acceptors (Lipinski definition) is 4. The van der Waals surface area contributed by atoms with Crippen LogP contribution in [0, 0.1) is 0 Å². The molecule has 0 aliphatic carbocycles. The van der Waals surface area contributed by atoms with Crippen molar-refractivity contribution in [2.45, 2.75) is 6.18 Å². The molecule has 1 aromatic heterocycles. The van der Waals surface area contributed by atoms with Crippen LogP contribution in [-0.2, 0) is 15.7 Å². The number of pyridine rings is 1. The molecule has 0 atom stereocenters. The van der Waals surface area contributed by atoms with Gasteiger partial charge in [0, 0.05) is 23.1 Å². The van der Waals surface area contributed by atoms with E-state index >= 15 is 0 Å². The number of nitrogens with one attached hydrogen (secondary N) is 1. The first-order valence-electron chi connectivity index (χ1n) is 6.76. The van der Waals surface area contributed by atoms with Crippen LogP contribution >= 0.6 is 23.2 Å². The molecule has 25 heavy (non-hydrogen) atoms. The predicted molar refractivity (Wildman–Crippen MR) is 89.3 cm³/mol. The van der Waals surface area contributed by atoms with Gasteiger partial charge in [-0.1, -0.05) is 23.2 Å². The zero-order valence-electron chi connectivity index (χ0n) is 12.7. The topological polar surface area (TPSA) is 51.2 Å². The molecule has 0 aliphatic rings. The Bertz CT molecular complexity index is 806. The Morgan fingerprint density at radius 2 is 1.88 bits per heavy atom. The average molecular weight is 391 g/mol. The molecule has 1 heterocycles. The molecular formula is C16H11Cl2F3N2O2. The number of esters is 1. The molecule has 0 saturated carbocycles. The maximum Gasteiger partial charge on any atom is 0.417 e. The van der Waals surface area contributed by atoms with Gasteiger partial charge in [0.2, 0.25) is 0 Å². The number of carbonyl (C=O) groups is 1. The lowest BCUT2D eigenvalue weighted by molar-refractivity contribution is -0.137. The van der Waals surface area contributed by atoms with Crippen molar-refractivity contribution in [1.29, 1.82) is 0 Å². The third-order valence-corrected chi connectivity index (χ3v) is 3.60. The summed E-state index contributed by atoms with van der Waals surface area (Å²) in [6, 6.07) is 7.24. The summed E-state index contributed by atoms with van der Waals surface area (Å²) in [5, 5.41) is 3.01. The van der Waals surface area contributed by atoms with Gasteiger partial charge in [-0.15, -0.1) is 0 Å². The van der Waals surface area contributed by atoms with Gasteiger partial charge in [0.25, 0.3) is 0 Å². The van der Waals surface area contributed by atoms with Gasteiger partial charge in [-0.25, -0.2) is 4.79 Å². The number of benzene rings is 1. The zero-order valence-corrected chi connectivity index (χ0v) is 14.2. The van der Waals surface area contributed by atoms with Gasteiger partial charge in [0.15, 0.2) is 0 Å². The van der Waals surface area contributed by atoms with Crippen LogP contribution < -0.4 is 5.32 Å². The lowest BCUT2D eigenvalue weighted by atomic mass is 10.1. The lowest BCUT2D eigenvalue weighted by Crippen LogP contribution is -2.11. The second-order valence-corrected chi connectivity index (χ2v) is 5.60. The number of methoxy groups -OCH3 is 1. The van der Waals surface area contributed by atoms with Crippen molar-refractivity contribution in [2.24, 2.45) is 0 Å². The Kier molecular flexibility index (Phi) is 5.92. The fraction of sp³-hybridized carbons (Fsp3) is 0.125. The van der Waals surface area contributed by atoms with Crippen molar-refractivity contribution in [3.63, 3.8) is 0 Å². The van der Waals surface area contributed by atoms with E-state index in [-0.39, 0.29) is 16.3 Å². The fourth-order valence-electron chi connectivity index (χ4n) is 1.83. The summed E-state index contributed by atoms with van der Waals surface area (Å²) in [6.45, 7) is 0. The highest BCUT2D eigenvalue weighted by atomic mass is 35.5. The number of carbonyl (C=O) groups excluding carboxylic acids is 1. The molecule has 2 aromatic rings. The van der Waals surface area contributed by atoms with E-state index in [1.165, 1.54) is 6.20 Å². The summed E-state index contributed by atoms with van der Waals surface area (Å²) in [6.07, 6.45) is -2.75. The Hall–Kier alpha value is -2.25. The Balaban J connectivity index is 2.39. The highest BCUT2D eigenvalue weighted by Crippen LogP contribution is 2.33. The van der Waals surface area contributed by atoms with Crippen LogP contribution in [0.15, 0.2) is 42.7 Å². The van der Waals surface area contributed by atoms with Gasteiger partial charge in [-0.05, 0) is 30.3 Å². The van der Waals surface area contributed by atoms with Gasteiger partial charge >= 0.3 is 12.1 Å². The van der Waals surface area contributed by atoms with Crippen molar-refractivity contribution < 1.29 is 22.7 Å². The summed E-state index contributed by atoms with van der Waals surface area (Å²) >= 11 is 11.7. The number of alkyl halides is 3. The SMILES string of the molecule is COC(=O)/C(=C\Nc1ccc(Cl)cc1)c1ncc(C(F)(F)F)cc1Cl.